The molecule has 0 spiro atoms. The number of aromatic nitrogens is 1. The van der Waals surface area contributed by atoms with Crippen molar-refractivity contribution in [3.05, 3.63) is 16.1 Å². The monoisotopic (exact) mass is 242 g/mol. The van der Waals surface area contributed by atoms with Crippen molar-refractivity contribution < 1.29 is 9.90 Å². The van der Waals surface area contributed by atoms with Crippen molar-refractivity contribution in [3.8, 4) is 0 Å². The summed E-state index contributed by atoms with van der Waals surface area (Å²) in [6, 6.07) is 0. The van der Waals surface area contributed by atoms with Crippen LogP contribution in [0.25, 0.3) is 0 Å². The number of aryl methyl sites for hydroxylation is 1. The van der Waals surface area contributed by atoms with E-state index in [2.05, 4.69) is 17.2 Å². The zero-order chi connectivity index (χ0) is 12.0. The number of amides is 1. The molecule has 0 saturated carbocycles. The summed E-state index contributed by atoms with van der Waals surface area (Å²) in [7, 11) is 0. The first-order chi connectivity index (χ1) is 7.67. The van der Waals surface area contributed by atoms with Gasteiger partial charge in [0.25, 0.3) is 5.91 Å². The maximum Gasteiger partial charge on any atom is 0.270 e. The molecule has 4 nitrogen and oxygen atoms in total. The number of nitrogens with one attached hydrogen (secondary N) is 1. The minimum Gasteiger partial charge on any atom is -0.396 e. The molecule has 1 unspecified atom stereocenters. The molecular formula is C11H18N2O2S. The number of carbonyl (C=O) groups is 1. The van der Waals surface area contributed by atoms with Gasteiger partial charge in [0.2, 0.25) is 0 Å². The molecule has 1 atom stereocenters. The topological polar surface area (TPSA) is 62.2 Å². The van der Waals surface area contributed by atoms with E-state index >= 15 is 0 Å². The Hall–Kier alpha value is -0.940. The molecule has 1 rings (SSSR count). The van der Waals surface area contributed by atoms with Crippen LogP contribution in [-0.4, -0.2) is 29.1 Å². The average Bonchev–Trinajstić information content (AvgIpc) is 2.70. The molecule has 0 saturated heterocycles. The molecule has 16 heavy (non-hydrogen) atoms. The molecule has 5 heteroatoms. The molecule has 90 valence electrons. The minimum absolute atomic E-state index is 0.124. The lowest BCUT2D eigenvalue weighted by atomic mass is 10.0. The second kappa shape index (κ2) is 6.60. The van der Waals surface area contributed by atoms with E-state index in [-0.39, 0.29) is 12.5 Å². The van der Waals surface area contributed by atoms with Crippen LogP contribution in [0.15, 0.2) is 5.38 Å². The SMILES string of the molecule is CCC(CCO)CNC(=O)c1csc(C)n1. The highest BCUT2D eigenvalue weighted by molar-refractivity contribution is 7.09. The zero-order valence-corrected chi connectivity index (χ0v) is 10.5. The molecule has 0 aliphatic heterocycles. The number of carbonyl (C=O) groups excluding carboxylic acids is 1. The Balaban J connectivity index is 2.40. The van der Waals surface area contributed by atoms with Crippen molar-refractivity contribution in [2.24, 2.45) is 5.92 Å². The van der Waals surface area contributed by atoms with Crippen LogP contribution >= 0.6 is 11.3 Å². The van der Waals surface area contributed by atoms with E-state index in [9.17, 15) is 4.79 Å². The Morgan fingerprint density at radius 3 is 2.94 bits per heavy atom. The first-order valence-electron chi connectivity index (χ1n) is 5.48. The van der Waals surface area contributed by atoms with Crippen molar-refractivity contribution in [3.63, 3.8) is 0 Å². The van der Waals surface area contributed by atoms with Crippen molar-refractivity contribution >= 4 is 17.2 Å². The van der Waals surface area contributed by atoms with Crippen molar-refractivity contribution in [2.75, 3.05) is 13.2 Å². The number of hydrogen-bond donors (Lipinski definition) is 2. The van der Waals surface area contributed by atoms with Crippen LogP contribution in [-0.2, 0) is 0 Å². The summed E-state index contributed by atoms with van der Waals surface area (Å²) in [6.45, 7) is 4.71. The fraction of sp³-hybridized carbons (Fsp3) is 0.636. The van der Waals surface area contributed by atoms with Gasteiger partial charge in [-0.3, -0.25) is 4.79 Å². The number of aliphatic hydroxyl groups excluding tert-OH is 1. The average molecular weight is 242 g/mol. The normalized spacial score (nSPS) is 12.4. The quantitative estimate of drug-likeness (QED) is 0.796. The standard InChI is InChI=1S/C11H18N2O2S/c1-3-9(4-5-14)6-12-11(15)10-7-16-8(2)13-10/h7,9,14H,3-6H2,1-2H3,(H,12,15). The number of rotatable bonds is 6. The molecule has 0 aliphatic carbocycles. The summed E-state index contributed by atoms with van der Waals surface area (Å²) in [4.78, 5) is 15.8. The molecule has 1 aromatic heterocycles. The Bertz CT molecular complexity index is 338. The minimum atomic E-state index is -0.124. The molecule has 0 aliphatic rings. The lowest BCUT2D eigenvalue weighted by Crippen LogP contribution is -2.29. The Kier molecular flexibility index (Phi) is 5.42. The predicted molar refractivity (Wildman–Crippen MR) is 64.7 cm³/mol. The van der Waals surface area contributed by atoms with E-state index in [1.54, 1.807) is 5.38 Å². The van der Waals surface area contributed by atoms with Gasteiger partial charge < -0.3 is 10.4 Å². The second-order valence-electron chi connectivity index (χ2n) is 3.75. The maximum absolute atomic E-state index is 11.7. The molecule has 0 bridgehead atoms. The number of nitrogens with zero attached hydrogens (tertiary/aromatic N) is 1. The third-order valence-electron chi connectivity index (χ3n) is 2.52. The van der Waals surface area contributed by atoms with Gasteiger partial charge in [0.05, 0.1) is 5.01 Å². The van der Waals surface area contributed by atoms with Gasteiger partial charge in [-0.05, 0) is 19.3 Å². The van der Waals surface area contributed by atoms with E-state index in [0.29, 0.717) is 18.2 Å². The van der Waals surface area contributed by atoms with Crippen LogP contribution in [0.1, 0.15) is 35.3 Å². The van der Waals surface area contributed by atoms with Gasteiger partial charge in [0.1, 0.15) is 5.69 Å². The summed E-state index contributed by atoms with van der Waals surface area (Å²) >= 11 is 1.47. The van der Waals surface area contributed by atoms with Gasteiger partial charge in [-0.2, -0.15) is 0 Å². The lowest BCUT2D eigenvalue weighted by molar-refractivity contribution is 0.0939. The smallest absolute Gasteiger partial charge is 0.270 e. The summed E-state index contributed by atoms with van der Waals surface area (Å²) in [5.74, 6) is 0.217. The van der Waals surface area contributed by atoms with E-state index < -0.39 is 0 Å². The van der Waals surface area contributed by atoms with Crippen LogP contribution in [0.4, 0.5) is 0 Å². The second-order valence-corrected chi connectivity index (χ2v) is 4.81. The maximum atomic E-state index is 11.7. The predicted octanol–water partition coefficient (Wildman–Crippen LogP) is 1.59. The highest BCUT2D eigenvalue weighted by Gasteiger charge is 2.11. The van der Waals surface area contributed by atoms with Crippen LogP contribution in [0, 0.1) is 12.8 Å². The van der Waals surface area contributed by atoms with E-state index in [4.69, 9.17) is 5.11 Å². The van der Waals surface area contributed by atoms with Gasteiger partial charge in [-0.25, -0.2) is 4.98 Å². The van der Waals surface area contributed by atoms with Crippen molar-refractivity contribution in [1.29, 1.82) is 0 Å². The summed E-state index contributed by atoms with van der Waals surface area (Å²) < 4.78 is 0. The van der Waals surface area contributed by atoms with Gasteiger partial charge in [0.15, 0.2) is 0 Å². The highest BCUT2D eigenvalue weighted by Crippen LogP contribution is 2.09. The summed E-state index contributed by atoms with van der Waals surface area (Å²) in [5.41, 5.74) is 0.487. The molecule has 1 aromatic rings. The van der Waals surface area contributed by atoms with Gasteiger partial charge in [-0.1, -0.05) is 13.3 Å². The molecule has 1 amide bonds. The van der Waals surface area contributed by atoms with Gasteiger partial charge >= 0.3 is 0 Å². The van der Waals surface area contributed by atoms with E-state index in [0.717, 1.165) is 17.8 Å². The fourth-order valence-electron chi connectivity index (χ4n) is 1.43. The summed E-state index contributed by atoms with van der Waals surface area (Å²) in [6.07, 6.45) is 1.68. The van der Waals surface area contributed by atoms with Gasteiger partial charge in [-0.15, -0.1) is 11.3 Å². The van der Waals surface area contributed by atoms with Crippen LogP contribution in [0.3, 0.4) is 0 Å². The van der Waals surface area contributed by atoms with Crippen LogP contribution in [0.2, 0.25) is 0 Å². The zero-order valence-electron chi connectivity index (χ0n) is 9.69. The van der Waals surface area contributed by atoms with Crippen molar-refractivity contribution in [1.82, 2.24) is 10.3 Å². The number of hydrogen-bond acceptors (Lipinski definition) is 4. The first-order valence-corrected chi connectivity index (χ1v) is 6.36. The van der Waals surface area contributed by atoms with Gasteiger partial charge in [0, 0.05) is 18.5 Å². The Morgan fingerprint density at radius 2 is 2.44 bits per heavy atom. The first kappa shape index (κ1) is 13.1. The molecule has 0 aromatic carbocycles. The lowest BCUT2D eigenvalue weighted by Gasteiger charge is -2.13. The van der Waals surface area contributed by atoms with Crippen LogP contribution in [0.5, 0.6) is 0 Å². The van der Waals surface area contributed by atoms with E-state index in [1.807, 2.05) is 6.92 Å². The van der Waals surface area contributed by atoms with Crippen LogP contribution < -0.4 is 5.32 Å². The molecular weight excluding hydrogens is 224 g/mol. The third-order valence-corrected chi connectivity index (χ3v) is 3.29. The Morgan fingerprint density at radius 1 is 1.69 bits per heavy atom. The van der Waals surface area contributed by atoms with E-state index in [1.165, 1.54) is 11.3 Å². The molecule has 2 N–H and O–H groups in total. The number of thiazole rings is 1. The fourth-order valence-corrected chi connectivity index (χ4v) is 2.02. The third kappa shape index (κ3) is 3.90. The number of aliphatic hydroxyl groups is 1. The molecule has 0 fully saturated rings. The van der Waals surface area contributed by atoms with Crippen molar-refractivity contribution in [2.45, 2.75) is 26.7 Å². The molecule has 1 heterocycles. The largest absolute Gasteiger partial charge is 0.396 e. The Labute approximate surface area is 99.7 Å². The highest BCUT2D eigenvalue weighted by atomic mass is 32.1. The summed E-state index contributed by atoms with van der Waals surface area (Å²) in [5, 5.41) is 14.3. The molecule has 0 radical (unpaired) electrons.